The number of benzene rings is 2. The van der Waals surface area contributed by atoms with Gasteiger partial charge in [0.1, 0.15) is 22.0 Å². The van der Waals surface area contributed by atoms with Crippen LogP contribution < -0.4 is 0 Å². The molecule has 0 aliphatic rings. The first kappa shape index (κ1) is 12.9. The second-order valence-corrected chi connectivity index (χ2v) is 5.68. The fraction of sp³-hybridized carbons (Fsp3) is 0. The molecule has 0 aliphatic carbocycles. The summed E-state index contributed by atoms with van der Waals surface area (Å²) in [6.45, 7) is 0. The Hall–Kier alpha value is -2.79. The summed E-state index contributed by atoms with van der Waals surface area (Å²) in [7, 11) is 0. The molecule has 0 amide bonds. The number of nitrogens with zero attached hydrogens (tertiary/aromatic N) is 2. The molecule has 2 aromatic heterocycles. The van der Waals surface area contributed by atoms with Crippen LogP contribution >= 0.6 is 11.3 Å². The van der Waals surface area contributed by atoms with Crippen LogP contribution in [0.4, 0.5) is 5.69 Å². The summed E-state index contributed by atoms with van der Waals surface area (Å²) in [5, 5.41) is 6.82. The lowest BCUT2D eigenvalue weighted by Crippen LogP contribution is -1.77. The number of rotatable bonds is 3. The van der Waals surface area contributed by atoms with Crippen molar-refractivity contribution >= 4 is 28.0 Å². The van der Waals surface area contributed by atoms with Crippen molar-refractivity contribution in [1.29, 1.82) is 0 Å². The van der Waals surface area contributed by atoms with Gasteiger partial charge in [-0.15, -0.1) is 16.2 Å². The van der Waals surface area contributed by atoms with Gasteiger partial charge < -0.3 is 4.42 Å². The number of fused-ring (bicyclic) bond motifs is 1. The number of hydrogen-bond donors (Lipinski definition) is 0. The number of aromatic nitrogens is 1. The van der Waals surface area contributed by atoms with Crippen LogP contribution in [0.2, 0.25) is 0 Å². The van der Waals surface area contributed by atoms with E-state index in [4.69, 9.17) is 4.42 Å². The highest BCUT2D eigenvalue weighted by atomic mass is 32.1. The molecule has 0 aliphatic heterocycles. The molecule has 2 aromatic carbocycles. The van der Waals surface area contributed by atoms with Gasteiger partial charge in [-0.05, 0) is 41.6 Å². The summed E-state index contributed by atoms with van der Waals surface area (Å²) in [6.07, 6.45) is 0. The van der Waals surface area contributed by atoms with Gasteiger partial charge >= 0.3 is 0 Å². The van der Waals surface area contributed by atoms with E-state index in [1.807, 2.05) is 47.8 Å². The first-order valence-electron chi connectivity index (χ1n) is 6.72. The van der Waals surface area contributed by atoms with E-state index in [-0.39, 0.29) is 0 Å². The second-order valence-electron chi connectivity index (χ2n) is 4.82. The highest BCUT2D eigenvalue weighted by molar-refractivity contribution is 7.13. The first-order valence-corrected chi connectivity index (χ1v) is 7.60. The fourth-order valence-corrected chi connectivity index (χ4v) is 3.11. The summed E-state index contributed by atoms with van der Waals surface area (Å²) >= 11 is 1.54. The van der Waals surface area contributed by atoms with Crippen molar-refractivity contribution in [3.63, 3.8) is 0 Å². The van der Waals surface area contributed by atoms with E-state index < -0.39 is 0 Å². The number of para-hydroxylation sites is 1. The van der Waals surface area contributed by atoms with E-state index in [1.165, 1.54) is 0 Å². The summed E-state index contributed by atoms with van der Waals surface area (Å²) in [4.78, 5) is 15.1. The number of thiazole rings is 1. The Morgan fingerprint density at radius 3 is 2.64 bits per heavy atom. The normalized spacial score (nSPS) is 10.9. The van der Waals surface area contributed by atoms with Crippen molar-refractivity contribution in [2.75, 3.05) is 0 Å². The Morgan fingerprint density at radius 1 is 1.05 bits per heavy atom. The van der Waals surface area contributed by atoms with Crippen molar-refractivity contribution in [2.24, 2.45) is 5.18 Å². The third kappa shape index (κ3) is 2.21. The standard InChI is InChI=1S/C17H10N2O2S/c20-19-13-7-5-11(6-8-13)17-18-14(10-22-17)16-9-12-3-1-2-4-15(12)21-16/h1-10H. The lowest BCUT2D eigenvalue weighted by Gasteiger charge is -1.95. The maximum Gasteiger partial charge on any atom is 0.154 e. The largest absolute Gasteiger partial charge is 0.454 e. The topological polar surface area (TPSA) is 55.5 Å². The summed E-state index contributed by atoms with van der Waals surface area (Å²) in [6, 6.07) is 16.9. The van der Waals surface area contributed by atoms with Crippen LogP contribution in [0.15, 0.2) is 69.6 Å². The van der Waals surface area contributed by atoms with Gasteiger partial charge in [-0.3, -0.25) is 0 Å². The van der Waals surface area contributed by atoms with E-state index in [0.29, 0.717) is 5.69 Å². The molecule has 4 rings (SSSR count). The molecule has 2 heterocycles. The molecule has 22 heavy (non-hydrogen) atoms. The van der Waals surface area contributed by atoms with Crippen molar-refractivity contribution in [2.45, 2.75) is 0 Å². The van der Waals surface area contributed by atoms with Gasteiger partial charge in [0.2, 0.25) is 0 Å². The van der Waals surface area contributed by atoms with Crippen LogP contribution in [0.1, 0.15) is 0 Å². The minimum Gasteiger partial charge on any atom is -0.454 e. The summed E-state index contributed by atoms with van der Waals surface area (Å²) in [5.41, 5.74) is 3.04. The molecule has 0 bridgehead atoms. The zero-order valence-corrected chi connectivity index (χ0v) is 12.2. The predicted octanol–water partition coefficient (Wildman–Crippen LogP) is 5.62. The van der Waals surface area contributed by atoms with Gasteiger partial charge in [0, 0.05) is 16.3 Å². The van der Waals surface area contributed by atoms with Crippen molar-refractivity contribution < 1.29 is 4.42 Å². The van der Waals surface area contributed by atoms with Gasteiger partial charge in [-0.1, -0.05) is 18.2 Å². The Morgan fingerprint density at radius 2 is 1.86 bits per heavy atom. The lowest BCUT2D eigenvalue weighted by molar-refractivity contribution is 0.629. The molecule has 0 atom stereocenters. The van der Waals surface area contributed by atoms with E-state index in [9.17, 15) is 4.91 Å². The third-order valence-electron chi connectivity index (χ3n) is 3.40. The molecule has 0 N–H and O–H groups in total. The van der Waals surface area contributed by atoms with Crippen LogP contribution in [-0.4, -0.2) is 4.98 Å². The van der Waals surface area contributed by atoms with Crippen molar-refractivity contribution in [3.05, 3.63) is 64.9 Å². The molecule has 0 saturated heterocycles. The van der Waals surface area contributed by atoms with E-state index in [1.54, 1.807) is 23.5 Å². The molecule has 4 aromatic rings. The quantitative estimate of drug-likeness (QED) is 0.461. The van der Waals surface area contributed by atoms with Crippen LogP contribution in [-0.2, 0) is 0 Å². The van der Waals surface area contributed by atoms with E-state index in [2.05, 4.69) is 10.2 Å². The van der Waals surface area contributed by atoms with Crippen molar-refractivity contribution in [3.8, 4) is 22.0 Å². The van der Waals surface area contributed by atoms with Crippen LogP contribution in [0, 0.1) is 4.91 Å². The zero-order chi connectivity index (χ0) is 14.9. The molecule has 0 saturated carbocycles. The molecule has 0 unspecified atom stereocenters. The molecular formula is C17H10N2O2S. The lowest BCUT2D eigenvalue weighted by atomic mass is 10.2. The minimum atomic E-state index is 0.415. The Labute approximate surface area is 130 Å². The Kier molecular flexibility index (Phi) is 3.05. The number of furan rings is 1. The van der Waals surface area contributed by atoms with E-state index in [0.717, 1.165) is 33.0 Å². The van der Waals surface area contributed by atoms with Gasteiger partial charge in [-0.2, -0.15) is 0 Å². The van der Waals surface area contributed by atoms with E-state index >= 15 is 0 Å². The zero-order valence-electron chi connectivity index (χ0n) is 11.4. The third-order valence-corrected chi connectivity index (χ3v) is 4.29. The molecule has 0 radical (unpaired) electrons. The van der Waals surface area contributed by atoms with Gasteiger partial charge in [0.05, 0.1) is 0 Å². The molecular weight excluding hydrogens is 296 g/mol. The SMILES string of the molecule is O=Nc1ccc(-c2nc(-c3cc4ccccc4o3)cs2)cc1. The molecule has 0 spiro atoms. The van der Waals surface area contributed by atoms with Gasteiger partial charge in [-0.25, -0.2) is 4.98 Å². The van der Waals surface area contributed by atoms with Crippen LogP contribution in [0.5, 0.6) is 0 Å². The molecule has 5 heteroatoms. The molecule has 4 nitrogen and oxygen atoms in total. The minimum absolute atomic E-state index is 0.415. The predicted molar refractivity (Wildman–Crippen MR) is 88.2 cm³/mol. The molecule has 0 fully saturated rings. The highest BCUT2D eigenvalue weighted by Crippen LogP contribution is 2.32. The Balaban J connectivity index is 1.72. The van der Waals surface area contributed by atoms with Crippen LogP contribution in [0.25, 0.3) is 33.0 Å². The average molecular weight is 306 g/mol. The molecule has 106 valence electrons. The average Bonchev–Trinajstić information content (AvgIpc) is 3.21. The van der Waals surface area contributed by atoms with Gasteiger partial charge in [0.25, 0.3) is 0 Å². The summed E-state index contributed by atoms with van der Waals surface area (Å²) < 4.78 is 5.83. The maximum atomic E-state index is 10.5. The fourth-order valence-electron chi connectivity index (χ4n) is 2.29. The highest BCUT2D eigenvalue weighted by Gasteiger charge is 2.11. The summed E-state index contributed by atoms with van der Waals surface area (Å²) in [5.74, 6) is 0.759. The monoisotopic (exact) mass is 306 g/mol. The number of hydrogen-bond acceptors (Lipinski definition) is 5. The van der Waals surface area contributed by atoms with Gasteiger partial charge in [0.15, 0.2) is 5.76 Å². The Bertz CT molecular complexity index is 921. The second kappa shape index (κ2) is 5.20. The first-order chi connectivity index (χ1) is 10.8. The smallest absolute Gasteiger partial charge is 0.154 e. The van der Waals surface area contributed by atoms with Crippen LogP contribution in [0.3, 0.4) is 0 Å². The number of nitroso groups, excluding NO2 is 1. The maximum absolute atomic E-state index is 10.5. The van der Waals surface area contributed by atoms with Crippen molar-refractivity contribution in [1.82, 2.24) is 4.98 Å².